The van der Waals surface area contributed by atoms with Crippen LogP contribution in [0.3, 0.4) is 0 Å². The molecule has 0 aliphatic carbocycles. The van der Waals surface area contributed by atoms with Crippen molar-refractivity contribution >= 4 is 5.97 Å². The highest BCUT2D eigenvalue weighted by Gasteiger charge is 2.16. The van der Waals surface area contributed by atoms with E-state index in [2.05, 4.69) is 0 Å². The molecule has 4 aromatic carbocycles. The molecule has 0 fully saturated rings. The van der Waals surface area contributed by atoms with Crippen molar-refractivity contribution in [3.8, 4) is 22.6 Å². The first kappa shape index (κ1) is 23.1. The summed E-state index contributed by atoms with van der Waals surface area (Å²) >= 11 is 0. The highest BCUT2D eigenvalue weighted by atomic mass is 16.5. The van der Waals surface area contributed by atoms with Crippen molar-refractivity contribution in [1.29, 1.82) is 0 Å². The van der Waals surface area contributed by atoms with Crippen LogP contribution in [0.15, 0.2) is 103 Å². The predicted octanol–water partition coefficient (Wildman–Crippen LogP) is 7.08. The summed E-state index contributed by atoms with van der Waals surface area (Å²) in [4.78, 5) is 12.5. The summed E-state index contributed by atoms with van der Waals surface area (Å²) in [7, 11) is 0. The molecule has 0 aliphatic heterocycles. The minimum absolute atomic E-state index is 0.335. The third-order valence-electron chi connectivity index (χ3n) is 5.29. The number of rotatable bonds is 10. The van der Waals surface area contributed by atoms with Crippen molar-refractivity contribution in [2.45, 2.75) is 26.6 Å². The molecule has 4 heteroatoms. The number of ether oxygens (including phenoxy) is 3. The standard InChI is InChI=1S/C30H28O4/c1-2-19-32-30(31)26-16-9-15-25(20-26)29-27(33-21-23-11-5-3-6-12-23)17-10-18-28(29)34-22-24-13-7-4-8-14-24/h3-18,20H,2,19,21-22H2,1H3. The summed E-state index contributed by atoms with van der Waals surface area (Å²) in [6.07, 6.45) is 0.777. The van der Waals surface area contributed by atoms with Crippen LogP contribution in [-0.4, -0.2) is 12.6 Å². The zero-order valence-electron chi connectivity index (χ0n) is 19.3. The van der Waals surface area contributed by atoms with Gasteiger partial charge in [-0.15, -0.1) is 0 Å². The van der Waals surface area contributed by atoms with Gasteiger partial charge in [-0.05, 0) is 47.4 Å². The van der Waals surface area contributed by atoms with Gasteiger partial charge in [-0.1, -0.05) is 85.8 Å². The van der Waals surface area contributed by atoms with Crippen LogP contribution in [0.2, 0.25) is 0 Å². The average molecular weight is 453 g/mol. The van der Waals surface area contributed by atoms with Gasteiger partial charge in [-0.2, -0.15) is 0 Å². The minimum Gasteiger partial charge on any atom is -0.488 e. The smallest absolute Gasteiger partial charge is 0.338 e. The van der Waals surface area contributed by atoms with Gasteiger partial charge in [0.2, 0.25) is 0 Å². The zero-order chi connectivity index (χ0) is 23.6. The average Bonchev–Trinajstić information content (AvgIpc) is 2.90. The SMILES string of the molecule is CCCOC(=O)c1cccc(-c2c(OCc3ccccc3)cccc2OCc2ccccc2)c1. The van der Waals surface area contributed by atoms with Crippen LogP contribution in [0.25, 0.3) is 11.1 Å². The molecule has 0 saturated heterocycles. The summed E-state index contributed by atoms with van der Waals surface area (Å²) in [5.74, 6) is 1.04. The summed E-state index contributed by atoms with van der Waals surface area (Å²) < 4.78 is 17.8. The maximum atomic E-state index is 12.5. The molecule has 0 aliphatic rings. The van der Waals surface area contributed by atoms with Crippen LogP contribution in [0, 0.1) is 0 Å². The fraction of sp³-hybridized carbons (Fsp3) is 0.167. The van der Waals surface area contributed by atoms with Gasteiger partial charge < -0.3 is 14.2 Å². The van der Waals surface area contributed by atoms with Crippen molar-refractivity contribution in [2.75, 3.05) is 6.61 Å². The molecule has 4 aromatic rings. The van der Waals surface area contributed by atoms with Gasteiger partial charge in [-0.3, -0.25) is 0 Å². The Balaban J connectivity index is 1.67. The van der Waals surface area contributed by atoms with E-state index in [4.69, 9.17) is 14.2 Å². The molecular weight excluding hydrogens is 424 g/mol. The Kier molecular flexibility index (Phi) is 7.96. The molecule has 0 amide bonds. The fourth-order valence-electron chi connectivity index (χ4n) is 3.59. The second-order valence-corrected chi connectivity index (χ2v) is 7.89. The van der Waals surface area contributed by atoms with Gasteiger partial charge in [0.1, 0.15) is 24.7 Å². The summed E-state index contributed by atoms with van der Waals surface area (Å²) in [6, 6.07) is 33.2. The Morgan fingerprint density at radius 2 is 1.24 bits per heavy atom. The normalized spacial score (nSPS) is 10.5. The Hall–Kier alpha value is -4.05. The first-order valence-electron chi connectivity index (χ1n) is 11.5. The first-order chi connectivity index (χ1) is 16.7. The number of esters is 1. The van der Waals surface area contributed by atoms with Gasteiger partial charge in [0, 0.05) is 0 Å². The lowest BCUT2D eigenvalue weighted by atomic mass is 10.0. The molecule has 4 rings (SSSR count). The first-order valence-corrected chi connectivity index (χ1v) is 11.5. The Bertz CT molecular complexity index is 1140. The molecule has 0 aromatic heterocycles. The van der Waals surface area contributed by atoms with E-state index in [9.17, 15) is 4.79 Å². The second kappa shape index (κ2) is 11.7. The van der Waals surface area contributed by atoms with E-state index in [1.54, 1.807) is 6.07 Å². The topological polar surface area (TPSA) is 44.8 Å². The third kappa shape index (κ3) is 6.04. The summed E-state index contributed by atoms with van der Waals surface area (Å²) in [6.45, 7) is 3.22. The van der Waals surface area contributed by atoms with Crippen LogP contribution in [0.1, 0.15) is 34.8 Å². The molecular formula is C30H28O4. The second-order valence-electron chi connectivity index (χ2n) is 7.89. The van der Waals surface area contributed by atoms with Gasteiger partial charge in [0.15, 0.2) is 0 Å². The van der Waals surface area contributed by atoms with Crippen LogP contribution in [-0.2, 0) is 18.0 Å². The molecule has 0 atom stereocenters. The van der Waals surface area contributed by atoms with Crippen LogP contribution >= 0.6 is 0 Å². The molecule has 0 unspecified atom stereocenters. The Labute approximate surface area is 200 Å². The maximum absolute atomic E-state index is 12.5. The largest absolute Gasteiger partial charge is 0.488 e. The predicted molar refractivity (Wildman–Crippen MR) is 134 cm³/mol. The maximum Gasteiger partial charge on any atom is 0.338 e. The summed E-state index contributed by atoms with van der Waals surface area (Å²) in [5, 5.41) is 0. The summed E-state index contributed by atoms with van der Waals surface area (Å²) in [5.41, 5.74) is 4.27. The fourth-order valence-corrected chi connectivity index (χ4v) is 3.59. The van der Waals surface area contributed by atoms with E-state index < -0.39 is 0 Å². The third-order valence-corrected chi connectivity index (χ3v) is 5.29. The van der Waals surface area contributed by atoms with Gasteiger partial charge in [-0.25, -0.2) is 4.79 Å². The van der Waals surface area contributed by atoms with E-state index in [-0.39, 0.29) is 5.97 Å². The van der Waals surface area contributed by atoms with Gasteiger partial charge >= 0.3 is 5.97 Å². The zero-order valence-corrected chi connectivity index (χ0v) is 19.3. The molecule has 0 saturated carbocycles. The van der Waals surface area contributed by atoms with Crippen molar-refractivity contribution in [2.24, 2.45) is 0 Å². The number of hydrogen-bond donors (Lipinski definition) is 0. The van der Waals surface area contributed by atoms with Gasteiger partial charge in [0.25, 0.3) is 0 Å². The quantitative estimate of drug-likeness (QED) is 0.241. The number of carbonyl (C=O) groups excluding carboxylic acids is 1. The number of carbonyl (C=O) groups is 1. The van der Waals surface area contributed by atoms with Crippen molar-refractivity contribution < 1.29 is 19.0 Å². The van der Waals surface area contributed by atoms with E-state index in [1.165, 1.54) is 0 Å². The monoisotopic (exact) mass is 452 g/mol. The molecule has 0 N–H and O–H groups in total. The van der Waals surface area contributed by atoms with Crippen molar-refractivity contribution in [3.05, 3.63) is 120 Å². The number of benzene rings is 4. The van der Waals surface area contributed by atoms with Gasteiger partial charge in [0.05, 0.1) is 17.7 Å². The highest BCUT2D eigenvalue weighted by molar-refractivity contribution is 5.92. The Morgan fingerprint density at radius 3 is 1.79 bits per heavy atom. The molecule has 0 spiro atoms. The number of hydrogen-bond acceptors (Lipinski definition) is 4. The Morgan fingerprint density at radius 1 is 0.676 bits per heavy atom. The van der Waals surface area contributed by atoms with Crippen LogP contribution < -0.4 is 9.47 Å². The van der Waals surface area contributed by atoms with Crippen molar-refractivity contribution in [3.63, 3.8) is 0 Å². The minimum atomic E-state index is -0.335. The lowest BCUT2D eigenvalue weighted by Crippen LogP contribution is -2.06. The molecule has 34 heavy (non-hydrogen) atoms. The molecule has 0 heterocycles. The lowest BCUT2D eigenvalue weighted by molar-refractivity contribution is 0.0505. The van der Waals surface area contributed by atoms with E-state index >= 15 is 0 Å². The lowest BCUT2D eigenvalue weighted by Gasteiger charge is -2.17. The van der Waals surface area contributed by atoms with E-state index in [1.807, 2.05) is 104 Å². The molecule has 0 bridgehead atoms. The molecule has 172 valence electrons. The van der Waals surface area contributed by atoms with E-state index in [0.29, 0.717) is 36.9 Å². The van der Waals surface area contributed by atoms with Crippen LogP contribution in [0.5, 0.6) is 11.5 Å². The molecule has 4 nitrogen and oxygen atoms in total. The van der Waals surface area contributed by atoms with Crippen molar-refractivity contribution in [1.82, 2.24) is 0 Å². The van der Waals surface area contributed by atoms with Crippen LogP contribution in [0.4, 0.5) is 0 Å². The highest BCUT2D eigenvalue weighted by Crippen LogP contribution is 2.39. The molecule has 0 radical (unpaired) electrons. The van der Waals surface area contributed by atoms with E-state index in [0.717, 1.165) is 28.7 Å².